The van der Waals surface area contributed by atoms with Gasteiger partial charge < -0.3 is 9.88 Å². The van der Waals surface area contributed by atoms with E-state index in [-0.39, 0.29) is 12.5 Å². The van der Waals surface area contributed by atoms with Crippen molar-refractivity contribution in [2.24, 2.45) is 0 Å². The quantitative estimate of drug-likeness (QED) is 0.947. The zero-order chi connectivity index (χ0) is 13.1. The minimum atomic E-state index is -0.0615. The molecule has 1 amide bonds. The molecule has 0 saturated carbocycles. The number of hydrogen-bond acceptors (Lipinski definition) is 2. The Morgan fingerprint density at radius 3 is 2.83 bits per heavy atom. The largest absolute Gasteiger partial charge is 0.325 e. The summed E-state index contributed by atoms with van der Waals surface area (Å²) in [4.78, 5) is 16.0. The zero-order valence-electron chi connectivity index (χ0n) is 10.3. The molecule has 0 aliphatic heterocycles. The van der Waals surface area contributed by atoms with Crippen molar-refractivity contribution in [3.05, 3.63) is 46.5 Å². The molecular weight excluding hydrogens is 294 g/mol. The maximum absolute atomic E-state index is 11.9. The summed E-state index contributed by atoms with van der Waals surface area (Å²) in [5, 5.41) is 2.85. The van der Waals surface area contributed by atoms with E-state index in [0.717, 1.165) is 21.5 Å². The van der Waals surface area contributed by atoms with Gasteiger partial charge in [0, 0.05) is 15.9 Å². The van der Waals surface area contributed by atoms with Crippen LogP contribution in [0.5, 0.6) is 0 Å². The van der Waals surface area contributed by atoms with Crippen molar-refractivity contribution in [2.45, 2.75) is 20.4 Å². The highest BCUT2D eigenvalue weighted by atomic mass is 79.9. The molecule has 0 unspecified atom stereocenters. The Morgan fingerprint density at radius 2 is 2.22 bits per heavy atom. The van der Waals surface area contributed by atoms with Crippen molar-refractivity contribution >= 4 is 27.5 Å². The molecular formula is C13H14BrN3O. The van der Waals surface area contributed by atoms with E-state index in [2.05, 4.69) is 26.2 Å². The molecule has 0 atom stereocenters. The minimum absolute atomic E-state index is 0.0615. The van der Waals surface area contributed by atoms with E-state index in [9.17, 15) is 4.79 Å². The second-order valence-corrected chi connectivity index (χ2v) is 5.02. The number of nitrogens with zero attached hydrogens (tertiary/aromatic N) is 2. The van der Waals surface area contributed by atoms with Crippen molar-refractivity contribution in [2.75, 3.05) is 5.32 Å². The van der Waals surface area contributed by atoms with Crippen LogP contribution in [0.4, 0.5) is 5.69 Å². The number of aromatic nitrogens is 2. The topological polar surface area (TPSA) is 46.9 Å². The number of anilines is 1. The Kier molecular flexibility index (Phi) is 3.81. The highest BCUT2D eigenvalue weighted by Gasteiger charge is 2.07. The van der Waals surface area contributed by atoms with Crippen LogP contribution in [0.25, 0.3) is 0 Å². The van der Waals surface area contributed by atoms with E-state index in [4.69, 9.17) is 0 Å². The van der Waals surface area contributed by atoms with Crippen LogP contribution in [-0.4, -0.2) is 15.5 Å². The van der Waals surface area contributed by atoms with Crippen LogP contribution in [0.3, 0.4) is 0 Å². The van der Waals surface area contributed by atoms with Crippen molar-refractivity contribution in [3.8, 4) is 0 Å². The molecule has 1 N–H and O–H groups in total. The Hall–Kier alpha value is -1.62. The maximum Gasteiger partial charge on any atom is 0.244 e. The number of hydrogen-bond donors (Lipinski definition) is 1. The molecule has 0 spiro atoms. The number of rotatable bonds is 3. The van der Waals surface area contributed by atoms with Crippen LogP contribution in [0.15, 0.2) is 35.1 Å². The lowest BCUT2D eigenvalue weighted by Gasteiger charge is -2.07. The van der Waals surface area contributed by atoms with E-state index >= 15 is 0 Å². The van der Waals surface area contributed by atoms with Crippen molar-refractivity contribution in [1.29, 1.82) is 0 Å². The van der Waals surface area contributed by atoms with Crippen LogP contribution < -0.4 is 5.32 Å². The predicted octanol–water partition coefficient (Wildman–Crippen LogP) is 2.90. The summed E-state index contributed by atoms with van der Waals surface area (Å²) in [6.07, 6.45) is 1.69. The van der Waals surface area contributed by atoms with Crippen LogP contribution in [0.1, 0.15) is 11.4 Å². The fraction of sp³-hybridized carbons (Fsp3) is 0.231. The fourth-order valence-electron chi connectivity index (χ4n) is 1.63. The third-order valence-corrected chi connectivity index (χ3v) is 3.26. The average Bonchev–Trinajstić information content (AvgIpc) is 2.61. The van der Waals surface area contributed by atoms with Gasteiger partial charge in [0.1, 0.15) is 6.54 Å². The average molecular weight is 308 g/mol. The van der Waals surface area contributed by atoms with Gasteiger partial charge in [0.05, 0.1) is 12.0 Å². The van der Waals surface area contributed by atoms with Gasteiger partial charge in [-0.25, -0.2) is 4.98 Å². The number of benzene rings is 1. The lowest BCUT2D eigenvalue weighted by atomic mass is 10.3. The van der Waals surface area contributed by atoms with E-state index in [0.29, 0.717) is 0 Å². The second-order valence-electron chi connectivity index (χ2n) is 4.10. The highest BCUT2D eigenvalue weighted by molar-refractivity contribution is 9.10. The third kappa shape index (κ3) is 2.98. The van der Waals surface area contributed by atoms with Gasteiger partial charge in [0.15, 0.2) is 0 Å². The number of amides is 1. The third-order valence-electron chi connectivity index (χ3n) is 2.77. The molecule has 0 saturated heterocycles. The summed E-state index contributed by atoms with van der Waals surface area (Å²) in [6, 6.07) is 7.52. The number of aryl methyl sites for hydroxylation is 1. The molecule has 18 heavy (non-hydrogen) atoms. The summed E-state index contributed by atoms with van der Waals surface area (Å²) < 4.78 is 2.78. The first-order valence-corrected chi connectivity index (χ1v) is 6.39. The molecule has 5 heteroatoms. The minimum Gasteiger partial charge on any atom is -0.325 e. The van der Waals surface area contributed by atoms with E-state index < -0.39 is 0 Å². The second kappa shape index (κ2) is 5.35. The number of halogens is 1. The molecule has 0 radical (unpaired) electrons. The number of carbonyl (C=O) groups is 1. The van der Waals surface area contributed by atoms with Gasteiger partial charge in [-0.2, -0.15) is 0 Å². The first-order chi connectivity index (χ1) is 8.56. The zero-order valence-corrected chi connectivity index (χ0v) is 11.9. The SMILES string of the molecule is Cc1ncn(CC(=O)Nc2cccc(Br)c2)c1C. The molecule has 2 aromatic rings. The van der Waals surface area contributed by atoms with Gasteiger partial charge in [-0.3, -0.25) is 4.79 Å². The molecule has 4 nitrogen and oxygen atoms in total. The molecule has 0 aliphatic carbocycles. The van der Waals surface area contributed by atoms with Crippen molar-refractivity contribution < 1.29 is 4.79 Å². The highest BCUT2D eigenvalue weighted by Crippen LogP contribution is 2.15. The number of nitrogens with one attached hydrogen (secondary N) is 1. The Morgan fingerprint density at radius 1 is 1.44 bits per heavy atom. The van der Waals surface area contributed by atoms with Gasteiger partial charge in [-0.15, -0.1) is 0 Å². The Balaban J connectivity index is 2.03. The monoisotopic (exact) mass is 307 g/mol. The molecule has 94 valence electrons. The van der Waals surface area contributed by atoms with E-state index in [1.165, 1.54) is 0 Å². The molecule has 2 rings (SSSR count). The summed E-state index contributed by atoms with van der Waals surface area (Å²) >= 11 is 3.37. The van der Waals surface area contributed by atoms with Crippen LogP contribution in [0, 0.1) is 13.8 Å². The normalized spacial score (nSPS) is 10.4. The predicted molar refractivity (Wildman–Crippen MR) is 74.5 cm³/mol. The van der Waals surface area contributed by atoms with Crippen LogP contribution in [-0.2, 0) is 11.3 Å². The molecule has 1 heterocycles. The van der Waals surface area contributed by atoms with Crippen molar-refractivity contribution in [1.82, 2.24) is 9.55 Å². The first-order valence-electron chi connectivity index (χ1n) is 5.60. The van der Waals surface area contributed by atoms with Crippen molar-refractivity contribution in [3.63, 3.8) is 0 Å². The maximum atomic E-state index is 11.9. The fourth-order valence-corrected chi connectivity index (χ4v) is 2.02. The van der Waals surface area contributed by atoms with E-state index in [1.807, 2.05) is 42.7 Å². The molecule has 0 fully saturated rings. The van der Waals surface area contributed by atoms with Gasteiger partial charge in [0.2, 0.25) is 5.91 Å². The van der Waals surface area contributed by atoms with Crippen LogP contribution in [0.2, 0.25) is 0 Å². The molecule has 0 aliphatic rings. The van der Waals surface area contributed by atoms with E-state index in [1.54, 1.807) is 6.33 Å². The summed E-state index contributed by atoms with van der Waals surface area (Å²) in [7, 11) is 0. The smallest absolute Gasteiger partial charge is 0.244 e. The summed E-state index contributed by atoms with van der Waals surface area (Å²) in [5.74, 6) is -0.0615. The van der Waals surface area contributed by atoms with Gasteiger partial charge in [0.25, 0.3) is 0 Å². The molecule has 0 bridgehead atoms. The van der Waals surface area contributed by atoms with Gasteiger partial charge in [-0.05, 0) is 32.0 Å². The number of imidazole rings is 1. The lowest BCUT2D eigenvalue weighted by molar-refractivity contribution is -0.116. The van der Waals surface area contributed by atoms with Gasteiger partial charge in [-0.1, -0.05) is 22.0 Å². The lowest BCUT2D eigenvalue weighted by Crippen LogP contribution is -2.19. The summed E-state index contributed by atoms with van der Waals surface area (Å²) in [5.41, 5.74) is 2.74. The Bertz CT molecular complexity index is 577. The molecule has 1 aromatic carbocycles. The summed E-state index contributed by atoms with van der Waals surface area (Å²) in [6.45, 7) is 4.16. The van der Waals surface area contributed by atoms with Crippen LogP contribution >= 0.6 is 15.9 Å². The number of carbonyl (C=O) groups excluding carboxylic acids is 1. The Labute approximate surface area is 114 Å². The van der Waals surface area contributed by atoms with Gasteiger partial charge >= 0.3 is 0 Å². The molecule has 1 aromatic heterocycles. The first kappa shape index (κ1) is 12.8. The standard InChI is InChI=1S/C13H14BrN3O/c1-9-10(2)17(8-15-9)7-13(18)16-12-5-3-4-11(14)6-12/h3-6,8H,7H2,1-2H3,(H,16,18).